The molecule has 0 fully saturated rings. The molecule has 0 aliphatic carbocycles. The van der Waals surface area contributed by atoms with E-state index in [2.05, 4.69) is 9.98 Å². The van der Waals surface area contributed by atoms with E-state index in [4.69, 9.17) is 21.1 Å². The van der Waals surface area contributed by atoms with Crippen LogP contribution in [0, 0.1) is 11.6 Å². The highest BCUT2D eigenvalue weighted by Gasteiger charge is 2.21. The van der Waals surface area contributed by atoms with E-state index >= 15 is 0 Å². The Labute approximate surface area is 227 Å². The number of hydrogen-bond donors (Lipinski definition) is 1. The Morgan fingerprint density at radius 3 is 2.62 bits per heavy atom. The van der Waals surface area contributed by atoms with Crippen LogP contribution in [0.15, 0.2) is 69.6 Å². The van der Waals surface area contributed by atoms with Crippen LogP contribution in [-0.2, 0) is 23.6 Å². The van der Waals surface area contributed by atoms with Gasteiger partial charge in [-0.15, -0.1) is 0 Å². The zero-order valence-corrected chi connectivity index (χ0v) is 22.4. The minimum Gasteiger partial charge on any atom is -0.485 e. The van der Waals surface area contributed by atoms with E-state index in [9.17, 15) is 23.5 Å². The first-order valence-corrected chi connectivity index (χ1v) is 12.0. The second-order valence-electron chi connectivity index (χ2n) is 8.73. The first kappa shape index (κ1) is 29.6. The molecule has 3 aromatic rings. The lowest BCUT2D eigenvalue weighted by Crippen LogP contribution is -2.34. The molecule has 3 aromatic heterocycles. The molecule has 39 heavy (non-hydrogen) atoms. The van der Waals surface area contributed by atoms with Gasteiger partial charge in [-0.3, -0.25) is 23.7 Å². The number of pyridine rings is 3. The number of aliphatic hydroxyl groups is 1. The van der Waals surface area contributed by atoms with Gasteiger partial charge in [0.15, 0.2) is 5.82 Å². The molecule has 12 heteroatoms. The summed E-state index contributed by atoms with van der Waals surface area (Å²) < 4.78 is 40.2. The molecular weight excluding hydrogens is 534 g/mol. The lowest BCUT2D eigenvalue weighted by Gasteiger charge is -2.18. The molecule has 0 saturated heterocycles. The number of allylic oxidation sites excluding steroid dienone is 2. The van der Waals surface area contributed by atoms with E-state index in [1.165, 1.54) is 66.9 Å². The monoisotopic (exact) mass is 560 g/mol. The Morgan fingerprint density at radius 2 is 1.97 bits per heavy atom. The zero-order valence-electron chi connectivity index (χ0n) is 21.7. The Morgan fingerprint density at radius 1 is 1.23 bits per heavy atom. The van der Waals surface area contributed by atoms with Gasteiger partial charge < -0.3 is 14.6 Å². The second-order valence-corrected chi connectivity index (χ2v) is 9.11. The Balaban J connectivity index is 2.04. The summed E-state index contributed by atoms with van der Waals surface area (Å²) in [5.74, 6) is -1.65. The van der Waals surface area contributed by atoms with Gasteiger partial charge in [0.25, 0.3) is 11.1 Å². The third-order valence-electron chi connectivity index (χ3n) is 5.35. The van der Waals surface area contributed by atoms with Crippen molar-refractivity contribution in [2.45, 2.75) is 39.6 Å². The summed E-state index contributed by atoms with van der Waals surface area (Å²) in [7, 11) is 1.42. The van der Waals surface area contributed by atoms with E-state index in [1.54, 1.807) is 19.1 Å². The van der Waals surface area contributed by atoms with Crippen molar-refractivity contribution >= 4 is 23.6 Å². The van der Waals surface area contributed by atoms with Gasteiger partial charge in [-0.25, -0.2) is 13.8 Å². The molecule has 0 atom stereocenters. The van der Waals surface area contributed by atoms with Crippen molar-refractivity contribution in [3.05, 3.63) is 109 Å². The van der Waals surface area contributed by atoms with Gasteiger partial charge in [-0.05, 0) is 39.0 Å². The normalized spacial score (nSPS) is 12.6. The summed E-state index contributed by atoms with van der Waals surface area (Å²) in [5.41, 5.74) is -2.28. The van der Waals surface area contributed by atoms with Crippen molar-refractivity contribution in [3.8, 4) is 5.75 Å². The SMILES string of the molecule is C/C=C/N=C(\C=C\n1c(COC)cc(OCc2ncc(F)cc2F)c(Cl)c1=O)n1cccc(C(C)(C)O)c1=O. The molecule has 206 valence electrons. The van der Waals surface area contributed by atoms with E-state index in [1.807, 2.05) is 0 Å². The fraction of sp³-hybridized carbons (Fsp3) is 0.259. The molecule has 0 amide bonds. The van der Waals surface area contributed by atoms with E-state index in [0.717, 1.165) is 6.20 Å². The average Bonchev–Trinajstić information content (AvgIpc) is 2.87. The second kappa shape index (κ2) is 12.7. The largest absolute Gasteiger partial charge is 0.485 e. The third kappa shape index (κ3) is 7.14. The molecular formula is C27H27ClF2N4O5. The number of hydrogen-bond acceptors (Lipinski definition) is 7. The molecule has 0 spiro atoms. The highest BCUT2D eigenvalue weighted by atomic mass is 35.5. The lowest BCUT2D eigenvalue weighted by molar-refractivity contribution is 0.0768. The van der Waals surface area contributed by atoms with Crippen LogP contribution in [-0.4, -0.2) is 32.2 Å². The summed E-state index contributed by atoms with van der Waals surface area (Å²) >= 11 is 6.28. The van der Waals surface area contributed by atoms with Gasteiger partial charge in [0.1, 0.15) is 34.7 Å². The molecule has 1 N–H and O–H groups in total. The number of halogens is 3. The number of aromatic nitrogens is 3. The minimum absolute atomic E-state index is 0.0360. The van der Waals surface area contributed by atoms with Crippen LogP contribution in [0.4, 0.5) is 8.78 Å². The van der Waals surface area contributed by atoms with E-state index < -0.39 is 35.0 Å². The lowest BCUT2D eigenvalue weighted by atomic mass is 10.0. The molecule has 3 rings (SSSR count). The van der Waals surface area contributed by atoms with Crippen LogP contribution in [0.5, 0.6) is 5.75 Å². The van der Waals surface area contributed by atoms with Crippen LogP contribution in [0.2, 0.25) is 5.02 Å². The van der Waals surface area contributed by atoms with Gasteiger partial charge in [0.05, 0.1) is 24.1 Å². The molecule has 9 nitrogen and oxygen atoms in total. The molecule has 0 aliphatic rings. The Bertz CT molecular complexity index is 1560. The van der Waals surface area contributed by atoms with Crippen molar-refractivity contribution in [2.75, 3.05) is 7.11 Å². The number of methoxy groups -OCH3 is 1. The molecule has 0 aromatic carbocycles. The highest BCUT2D eigenvalue weighted by Crippen LogP contribution is 2.24. The van der Waals surface area contributed by atoms with Crippen molar-refractivity contribution in [3.63, 3.8) is 0 Å². The van der Waals surface area contributed by atoms with Crippen LogP contribution >= 0.6 is 11.6 Å². The third-order valence-corrected chi connectivity index (χ3v) is 5.70. The number of aliphatic imine (C=N–C) groups is 1. The van der Waals surface area contributed by atoms with Gasteiger partial charge in [-0.1, -0.05) is 17.7 Å². The molecule has 0 unspecified atom stereocenters. The zero-order chi connectivity index (χ0) is 28.7. The van der Waals surface area contributed by atoms with Gasteiger partial charge in [0, 0.05) is 43.4 Å². The maximum atomic E-state index is 14.0. The Hall–Kier alpha value is -3.93. The summed E-state index contributed by atoms with van der Waals surface area (Å²) in [6, 6.07) is 5.21. The molecule has 0 aliphatic heterocycles. The maximum absolute atomic E-state index is 14.0. The van der Waals surface area contributed by atoms with Gasteiger partial charge >= 0.3 is 0 Å². The standard InChI is InChI=1S/C27H27ClF2N4O5/c1-5-9-31-23(34-10-6-7-19(25(34)35)27(2,3)37)8-11-33-18(15-38-4)13-22(24(28)26(33)36)39-16-21-20(30)12-17(29)14-32-21/h5-14,37H,15-16H2,1-4H3/b9-5+,11-8+,31-23+. The van der Waals surface area contributed by atoms with Crippen LogP contribution in [0.3, 0.4) is 0 Å². The quantitative estimate of drug-likeness (QED) is 0.310. The fourth-order valence-electron chi connectivity index (χ4n) is 3.47. The van der Waals surface area contributed by atoms with Gasteiger partial charge in [0.2, 0.25) is 0 Å². The van der Waals surface area contributed by atoms with Crippen molar-refractivity contribution in [1.82, 2.24) is 14.1 Å². The highest BCUT2D eigenvalue weighted by molar-refractivity contribution is 6.31. The van der Waals surface area contributed by atoms with Crippen molar-refractivity contribution in [1.29, 1.82) is 0 Å². The van der Waals surface area contributed by atoms with E-state index in [0.29, 0.717) is 11.8 Å². The molecule has 0 saturated carbocycles. The predicted octanol–water partition coefficient (Wildman–Crippen LogP) is 4.24. The summed E-state index contributed by atoms with van der Waals surface area (Å²) in [6.45, 7) is 4.29. The number of rotatable bonds is 9. The molecule has 0 bridgehead atoms. The predicted molar refractivity (Wildman–Crippen MR) is 144 cm³/mol. The van der Waals surface area contributed by atoms with Crippen LogP contribution in [0.1, 0.15) is 37.7 Å². The summed E-state index contributed by atoms with van der Waals surface area (Å²) in [6.07, 6.45) is 8.23. The first-order valence-electron chi connectivity index (χ1n) is 11.7. The number of ether oxygens (including phenoxy) is 2. The van der Waals surface area contributed by atoms with E-state index in [-0.39, 0.29) is 34.5 Å². The topological polar surface area (TPSA) is 108 Å². The van der Waals surface area contributed by atoms with Crippen molar-refractivity contribution in [2.24, 2.45) is 4.99 Å². The van der Waals surface area contributed by atoms with Gasteiger partial charge in [-0.2, -0.15) is 0 Å². The smallest absolute Gasteiger partial charge is 0.277 e. The summed E-state index contributed by atoms with van der Waals surface area (Å²) in [5, 5.41) is 10.1. The minimum atomic E-state index is -1.40. The maximum Gasteiger partial charge on any atom is 0.277 e. The first-order chi connectivity index (χ1) is 18.5. The molecule has 0 radical (unpaired) electrons. The summed E-state index contributed by atoms with van der Waals surface area (Å²) in [4.78, 5) is 34.2. The van der Waals surface area contributed by atoms with Crippen LogP contribution < -0.4 is 15.9 Å². The number of nitrogens with zero attached hydrogens (tertiary/aromatic N) is 4. The Kier molecular flexibility index (Phi) is 9.68. The average molecular weight is 561 g/mol. The molecule has 3 heterocycles. The van der Waals surface area contributed by atoms with Crippen molar-refractivity contribution < 1.29 is 23.4 Å². The fourth-order valence-corrected chi connectivity index (χ4v) is 3.67. The van der Waals surface area contributed by atoms with Crippen LogP contribution in [0.25, 0.3) is 6.20 Å².